The van der Waals surface area contributed by atoms with Crippen LogP contribution in [0.5, 0.6) is 0 Å². The molecule has 0 heterocycles. The summed E-state index contributed by atoms with van der Waals surface area (Å²) in [6.07, 6.45) is 0.0196. The topological polar surface area (TPSA) is 98.5 Å². The summed E-state index contributed by atoms with van der Waals surface area (Å²) < 4.78 is 27.2. The number of carbonyl (C=O) groups is 1. The summed E-state index contributed by atoms with van der Waals surface area (Å²) in [6, 6.07) is 14.3. The Kier molecular flexibility index (Phi) is 5.21. The zero-order chi connectivity index (χ0) is 17.7. The Morgan fingerprint density at radius 1 is 1.21 bits per heavy atom. The van der Waals surface area contributed by atoms with E-state index in [0.29, 0.717) is 11.3 Å². The molecule has 2 aromatic rings. The Bertz CT molecular complexity index is 887. The van der Waals surface area contributed by atoms with Crippen LogP contribution in [-0.4, -0.2) is 26.0 Å². The van der Waals surface area contributed by atoms with Crippen LogP contribution in [0.15, 0.2) is 53.4 Å². The Morgan fingerprint density at radius 3 is 2.46 bits per heavy atom. The van der Waals surface area contributed by atoms with Gasteiger partial charge in [0.2, 0.25) is 0 Å². The van der Waals surface area contributed by atoms with Gasteiger partial charge in [0, 0.05) is 6.54 Å². The summed E-state index contributed by atoms with van der Waals surface area (Å²) in [5.41, 5.74) is 0.762. The first-order chi connectivity index (χ1) is 11.4. The molecule has 0 aliphatic carbocycles. The number of rotatable bonds is 6. The van der Waals surface area contributed by atoms with Crippen molar-refractivity contribution < 1.29 is 18.3 Å². The van der Waals surface area contributed by atoms with E-state index in [9.17, 15) is 13.2 Å². The third-order valence-corrected chi connectivity index (χ3v) is 5.44. The molecule has 0 bridgehead atoms. The number of nitriles is 1. The largest absolute Gasteiger partial charge is 0.478 e. The minimum absolute atomic E-state index is 0.0143. The van der Waals surface area contributed by atoms with Crippen LogP contribution in [-0.2, 0) is 10.0 Å². The second-order valence-electron chi connectivity index (χ2n) is 5.11. The average Bonchev–Trinajstić information content (AvgIpc) is 2.56. The first kappa shape index (κ1) is 17.5. The van der Waals surface area contributed by atoms with Crippen molar-refractivity contribution >= 4 is 21.7 Å². The van der Waals surface area contributed by atoms with Gasteiger partial charge in [-0.15, -0.1) is 0 Å². The molecule has 0 unspecified atom stereocenters. The standard InChI is InChI=1S/C17H16N2O4S/c1-13-8-9-14(17(20)21)12-16(13)24(22,23)19(11-5-10-18)15-6-3-2-4-7-15/h2-4,6-9,12H,5,11H2,1H3,(H,20,21). The Morgan fingerprint density at radius 2 is 1.88 bits per heavy atom. The fraction of sp³-hybridized carbons (Fsp3) is 0.176. The molecule has 6 nitrogen and oxygen atoms in total. The van der Waals surface area contributed by atoms with E-state index in [2.05, 4.69) is 0 Å². The molecule has 124 valence electrons. The fourth-order valence-electron chi connectivity index (χ4n) is 2.26. The normalized spacial score (nSPS) is 10.8. The Labute approximate surface area is 140 Å². The first-order valence-electron chi connectivity index (χ1n) is 7.16. The van der Waals surface area contributed by atoms with Crippen molar-refractivity contribution in [2.24, 2.45) is 0 Å². The third-order valence-electron chi connectivity index (χ3n) is 3.47. The molecule has 2 aromatic carbocycles. The zero-order valence-electron chi connectivity index (χ0n) is 13.0. The van der Waals surface area contributed by atoms with E-state index in [-0.39, 0.29) is 23.4 Å². The molecule has 0 spiro atoms. The summed E-state index contributed by atoms with van der Waals surface area (Å²) in [4.78, 5) is 11.1. The number of sulfonamides is 1. The number of hydrogen-bond donors (Lipinski definition) is 1. The van der Waals surface area contributed by atoms with Crippen molar-refractivity contribution in [2.75, 3.05) is 10.8 Å². The van der Waals surface area contributed by atoms with Gasteiger partial charge in [-0.3, -0.25) is 4.31 Å². The molecule has 2 rings (SSSR count). The van der Waals surface area contributed by atoms with Gasteiger partial charge in [-0.1, -0.05) is 24.3 Å². The molecule has 0 fully saturated rings. The smallest absolute Gasteiger partial charge is 0.335 e. The van der Waals surface area contributed by atoms with Crippen LogP contribution in [0, 0.1) is 18.3 Å². The predicted molar refractivity (Wildman–Crippen MR) is 89.3 cm³/mol. The average molecular weight is 344 g/mol. The molecule has 24 heavy (non-hydrogen) atoms. The summed E-state index contributed by atoms with van der Waals surface area (Å²) in [5, 5.41) is 17.9. The molecule has 0 aliphatic rings. The quantitative estimate of drug-likeness (QED) is 0.869. The summed E-state index contributed by atoms with van der Waals surface area (Å²) >= 11 is 0. The van der Waals surface area contributed by atoms with Crippen molar-refractivity contribution in [3.63, 3.8) is 0 Å². The highest BCUT2D eigenvalue weighted by Gasteiger charge is 2.27. The number of aromatic carboxylic acids is 1. The SMILES string of the molecule is Cc1ccc(C(=O)O)cc1S(=O)(=O)N(CCC#N)c1ccccc1. The van der Waals surface area contributed by atoms with Crippen molar-refractivity contribution in [2.45, 2.75) is 18.2 Å². The van der Waals surface area contributed by atoms with Crippen LogP contribution in [0.4, 0.5) is 5.69 Å². The summed E-state index contributed by atoms with van der Waals surface area (Å²) in [7, 11) is -3.99. The molecule has 0 amide bonds. The number of carboxylic acids is 1. The Hall–Kier alpha value is -2.85. The van der Waals surface area contributed by atoms with Crippen molar-refractivity contribution in [1.82, 2.24) is 0 Å². The van der Waals surface area contributed by atoms with Crippen molar-refractivity contribution in [3.8, 4) is 6.07 Å². The number of para-hydroxylation sites is 1. The molecule has 0 aromatic heterocycles. The molecular weight excluding hydrogens is 328 g/mol. The maximum absolute atomic E-state index is 13.1. The second kappa shape index (κ2) is 7.15. The van der Waals surface area contributed by atoms with Gasteiger partial charge >= 0.3 is 5.97 Å². The number of aryl methyl sites for hydroxylation is 1. The van der Waals surface area contributed by atoms with Gasteiger partial charge in [0.05, 0.1) is 28.6 Å². The minimum atomic E-state index is -3.99. The molecule has 0 radical (unpaired) electrons. The van der Waals surface area contributed by atoms with Gasteiger partial charge in [0.15, 0.2) is 0 Å². The second-order valence-corrected chi connectivity index (χ2v) is 6.94. The fourth-order valence-corrected chi connectivity index (χ4v) is 3.98. The van der Waals surface area contributed by atoms with E-state index >= 15 is 0 Å². The van der Waals surface area contributed by atoms with Crippen LogP contribution in [0.3, 0.4) is 0 Å². The van der Waals surface area contributed by atoms with Gasteiger partial charge in [-0.2, -0.15) is 5.26 Å². The van der Waals surface area contributed by atoms with Crippen LogP contribution < -0.4 is 4.31 Å². The van der Waals surface area contributed by atoms with Gasteiger partial charge in [0.1, 0.15) is 0 Å². The number of hydrogen-bond acceptors (Lipinski definition) is 4. The van der Waals surface area contributed by atoms with Gasteiger partial charge in [0.25, 0.3) is 10.0 Å². The van der Waals surface area contributed by atoms with Crippen molar-refractivity contribution in [3.05, 3.63) is 59.7 Å². The van der Waals surface area contributed by atoms with Crippen LogP contribution in [0.25, 0.3) is 0 Å². The van der Waals surface area contributed by atoms with Crippen LogP contribution in [0.2, 0.25) is 0 Å². The number of anilines is 1. The highest BCUT2D eigenvalue weighted by molar-refractivity contribution is 7.92. The lowest BCUT2D eigenvalue weighted by Crippen LogP contribution is -2.32. The first-order valence-corrected chi connectivity index (χ1v) is 8.60. The lowest BCUT2D eigenvalue weighted by molar-refractivity contribution is 0.0696. The van der Waals surface area contributed by atoms with E-state index in [4.69, 9.17) is 10.4 Å². The molecule has 0 aliphatic heterocycles. The zero-order valence-corrected chi connectivity index (χ0v) is 13.8. The molecular formula is C17H16N2O4S. The molecule has 0 saturated carbocycles. The highest BCUT2D eigenvalue weighted by Crippen LogP contribution is 2.26. The van der Waals surface area contributed by atoms with E-state index in [1.165, 1.54) is 12.1 Å². The van der Waals surface area contributed by atoms with Crippen LogP contribution >= 0.6 is 0 Å². The predicted octanol–water partition coefficient (Wildman–Crippen LogP) is 2.80. The molecule has 1 N–H and O–H groups in total. The highest BCUT2D eigenvalue weighted by atomic mass is 32.2. The lowest BCUT2D eigenvalue weighted by Gasteiger charge is -2.24. The van der Waals surface area contributed by atoms with Gasteiger partial charge in [-0.25, -0.2) is 13.2 Å². The number of nitrogens with zero attached hydrogens (tertiary/aromatic N) is 2. The molecule has 0 atom stereocenters. The van der Waals surface area contributed by atoms with E-state index in [1.54, 1.807) is 37.3 Å². The van der Waals surface area contributed by atoms with Crippen LogP contribution in [0.1, 0.15) is 22.3 Å². The summed E-state index contributed by atoms with van der Waals surface area (Å²) in [6.45, 7) is 1.59. The minimum Gasteiger partial charge on any atom is -0.478 e. The molecule has 7 heteroatoms. The van der Waals surface area contributed by atoms with E-state index in [0.717, 1.165) is 10.4 Å². The van der Waals surface area contributed by atoms with E-state index < -0.39 is 16.0 Å². The maximum Gasteiger partial charge on any atom is 0.335 e. The lowest BCUT2D eigenvalue weighted by atomic mass is 10.1. The van der Waals surface area contributed by atoms with E-state index in [1.807, 2.05) is 6.07 Å². The third kappa shape index (κ3) is 3.55. The number of carboxylic acid groups (broad SMARTS) is 1. The maximum atomic E-state index is 13.1. The van der Waals surface area contributed by atoms with Crippen molar-refractivity contribution in [1.29, 1.82) is 5.26 Å². The Balaban J connectivity index is 2.58. The summed E-state index contributed by atoms with van der Waals surface area (Å²) in [5.74, 6) is -1.20. The van der Waals surface area contributed by atoms with Gasteiger partial charge < -0.3 is 5.11 Å². The number of benzene rings is 2. The van der Waals surface area contributed by atoms with Gasteiger partial charge in [-0.05, 0) is 36.8 Å². The monoisotopic (exact) mass is 344 g/mol. The molecule has 0 saturated heterocycles.